The first-order valence-corrected chi connectivity index (χ1v) is 8.05. The Morgan fingerprint density at radius 2 is 2.05 bits per heavy atom. The first kappa shape index (κ1) is 14.3. The van der Waals surface area contributed by atoms with E-state index in [1.54, 1.807) is 23.9 Å². The van der Waals surface area contributed by atoms with Crippen LogP contribution in [0.3, 0.4) is 0 Å². The number of nitrogens with zero attached hydrogens (tertiary/aromatic N) is 1. The third-order valence-electron chi connectivity index (χ3n) is 3.45. The van der Waals surface area contributed by atoms with E-state index in [-0.39, 0.29) is 5.82 Å². The van der Waals surface area contributed by atoms with Crippen molar-refractivity contribution in [2.75, 3.05) is 12.0 Å². The molecule has 3 rings (SSSR count). The molecule has 0 aliphatic heterocycles. The average molecular weight is 321 g/mol. The van der Waals surface area contributed by atoms with Crippen LogP contribution in [-0.2, 0) is 6.54 Å². The summed E-state index contributed by atoms with van der Waals surface area (Å²) in [6.07, 6.45) is 3.97. The molecule has 0 radical (unpaired) electrons. The largest absolute Gasteiger partial charge is 0.399 e. The van der Waals surface area contributed by atoms with Crippen molar-refractivity contribution in [3.05, 3.63) is 59.0 Å². The smallest absolute Gasteiger partial charge is 0.129 e. The van der Waals surface area contributed by atoms with Gasteiger partial charge < -0.3 is 10.3 Å². The van der Waals surface area contributed by atoms with Gasteiger partial charge in [-0.05, 0) is 36.6 Å². The minimum absolute atomic E-state index is 0.293. The van der Waals surface area contributed by atoms with Crippen LogP contribution in [-0.4, -0.2) is 10.8 Å². The number of aromatic nitrogens is 1. The second-order valence-corrected chi connectivity index (χ2v) is 6.12. The molecule has 2 N–H and O–H groups in total. The fraction of sp³-hybridized carbons (Fsp3) is 0.125. The third kappa shape index (κ3) is 2.74. The maximum atomic E-state index is 13.9. The van der Waals surface area contributed by atoms with Crippen LogP contribution >= 0.6 is 23.4 Å². The lowest BCUT2D eigenvalue weighted by Crippen LogP contribution is -2.01. The molecule has 1 aromatic heterocycles. The molecule has 0 saturated carbocycles. The summed E-state index contributed by atoms with van der Waals surface area (Å²) in [6.45, 7) is 0.448. The summed E-state index contributed by atoms with van der Waals surface area (Å²) in [5, 5.41) is 1.54. The van der Waals surface area contributed by atoms with Crippen LogP contribution in [0.4, 0.5) is 10.1 Å². The topological polar surface area (TPSA) is 30.9 Å². The van der Waals surface area contributed by atoms with Crippen molar-refractivity contribution >= 4 is 40.0 Å². The van der Waals surface area contributed by atoms with Crippen LogP contribution in [0.2, 0.25) is 5.02 Å². The van der Waals surface area contributed by atoms with Gasteiger partial charge in [0.05, 0.1) is 12.1 Å². The minimum atomic E-state index is -0.293. The van der Waals surface area contributed by atoms with Crippen LogP contribution in [0.5, 0.6) is 0 Å². The Bertz CT molecular complexity index is 813. The molecule has 1 heterocycles. The van der Waals surface area contributed by atoms with E-state index in [0.717, 1.165) is 15.8 Å². The highest BCUT2D eigenvalue weighted by Gasteiger charge is 2.09. The van der Waals surface area contributed by atoms with Crippen molar-refractivity contribution in [1.82, 2.24) is 4.57 Å². The molecule has 0 atom stereocenters. The molecule has 0 saturated heterocycles. The van der Waals surface area contributed by atoms with Crippen molar-refractivity contribution in [3.8, 4) is 0 Å². The summed E-state index contributed by atoms with van der Waals surface area (Å²) in [5.74, 6) is -0.293. The first-order valence-electron chi connectivity index (χ1n) is 6.45. The van der Waals surface area contributed by atoms with Gasteiger partial charge in [-0.3, -0.25) is 0 Å². The van der Waals surface area contributed by atoms with E-state index < -0.39 is 0 Å². The summed E-state index contributed by atoms with van der Waals surface area (Å²) >= 11 is 7.44. The Labute approximate surface area is 131 Å². The molecule has 2 nitrogen and oxygen atoms in total. The summed E-state index contributed by atoms with van der Waals surface area (Å²) in [4.78, 5) is 1.13. The number of hydrogen-bond acceptors (Lipinski definition) is 2. The van der Waals surface area contributed by atoms with E-state index in [0.29, 0.717) is 22.8 Å². The average Bonchev–Trinajstić information content (AvgIpc) is 2.84. The van der Waals surface area contributed by atoms with E-state index in [1.807, 2.05) is 35.2 Å². The number of nitrogens with two attached hydrogens (primary N) is 1. The van der Waals surface area contributed by atoms with Crippen LogP contribution in [0.25, 0.3) is 10.9 Å². The lowest BCUT2D eigenvalue weighted by molar-refractivity contribution is 0.602. The first-order chi connectivity index (χ1) is 10.1. The van der Waals surface area contributed by atoms with Gasteiger partial charge in [-0.1, -0.05) is 17.7 Å². The van der Waals surface area contributed by atoms with Gasteiger partial charge in [0.25, 0.3) is 0 Å². The van der Waals surface area contributed by atoms with E-state index in [9.17, 15) is 4.39 Å². The zero-order valence-electron chi connectivity index (χ0n) is 11.4. The van der Waals surface area contributed by atoms with Crippen molar-refractivity contribution < 1.29 is 4.39 Å². The van der Waals surface area contributed by atoms with Gasteiger partial charge >= 0.3 is 0 Å². The number of anilines is 1. The molecule has 3 aromatic rings. The third-order valence-corrected chi connectivity index (χ3v) is 4.46. The van der Waals surface area contributed by atoms with Crippen molar-refractivity contribution in [3.63, 3.8) is 0 Å². The number of halogens is 2. The molecule has 108 valence electrons. The number of fused-ring (bicyclic) bond motifs is 1. The fourth-order valence-corrected chi connectivity index (χ4v) is 3.23. The molecule has 2 aromatic carbocycles. The van der Waals surface area contributed by atoms with Gasteiger partial charge in [-0.2, -0.15) is 0 Å². The second-order valence-electron chi connectivity index (χ2n) is 4.84. The summed E-state index contributed by atoms with van der Waals surface area (Å²) in [5.41, 5.74) is 8.27. The number of rotatable bonds is 3. The Morgan fingerprint density at radius 1 is 1.24 bits per heavy atom. The van der Waals surface area contributed by atoms with E-state index in [2.05, 4.69) is 0 Å². The molecule has 0 spiro atoms. The predicted molar refractivity (Wildman–Crippen MR) is 88.6 cm³/mol. The molecular weight excluding hydrogens is 307 g/mol. The monoisotopic (exact) mass is 320 g/mol. The van der Waals surface area contributed by atoms with Crippen molar-refractivity contribution in [2.24, 2.45) is 0 Å². The molecule has 5 heteroatoms. The Morgan fingerprint density at radius 3 is 2.76 bits per heavy atom. The molecule has 0 fully saturated rings. The van der Waals surface area contributed by atoms with E-state index in [4.69, 9.17) is 17.3 Å². The highest BCUT2D eigenvalue weighted by molar-refractivity contribution is 7.98. The molecule has 0 aliphatic rings. The lowest BCUT2D eigenvalue weighted by atomic mass is 10.2. The quantitative estimate of drug-likeness (QED) is 0.556. The van der Waals surface area contributed by atoms with E-state index in [1.165, 1.54) is 6.07 Å². The summed E-state index contributed by atoms with van der Waals surface area (Å²) in [7, 11) is 0. The van der Waals surface area contributed by atoms with Gasteiger partial charge in [0.15, 0.2) is 0 Å². The maximum Gasteiger partial charge on any atom is 0.129 e. The van der Waals surface area contributed by atoms with Crippen LogP contribution < -0.4 is 5.73 Å². The van der Waals surface area contributed by atoms with Gasteiger partial charge in [0, 0.05) is 32.8 Å². The molecular formula is C16H14ClFN2S. The van der Waals surface area contributed by atoms with Crippen LogP contribution in [0, 0.1) is 5.82 Å². The van der Waals surface area contributed by atoms with Gasteiger partial charge in [0.2, 0.25) is 0 Å². The molecule has 0 aliphatic carbocycles. The van der Waals surface area contributed by atoms with Gasteiger partial charge in [0.1, 0.15) is 5.82 Å². The zero-order valence-corrected chi connectivity index (χ0v) is 13.0. The number of hydrogen-bond donors (Lipinski definition) is 1. The summed E-state index contributed by atoms with van der Waals surface area (Å²) < 4.78 is 15.9. The highest BCUT2D eigenvalue weighted by Crippen LogP contribution is 2.30. The number of nitrogen functional groups attached to an aromatic ring is 1. The molecule has 0 unspecified atom stereocenters. The molecule has 0 amide bonds. The Kier molecular flexibility index (Phi) is 3.83. The Hall–Kier alpha value is -1.65. The number of benzene rings is 2. The predicted octanol–water partition coefficient (Wildman–Crippen LogP) is 4.79. The van der Waals surface area contributed by atoms with Gasteiger partial charge in [-0.25, -0.2) is 4.39 Å². The zero-order chi connectivity index (χ0) is 15.0. The highest BCUT2D eigenvalue weighted by atomic mass is 35.5. The molecule has 21 heavy (non-hydrogen) atoms. The van der Waals surface area contributed by atoms with E-state index >= 15 is 0 Å². The van der Waals surface area contributed by atoms with Crippen molar-refractivity contribution in [2.45, 2.75) is 11.4 Å². The Balaban J connectivity index is 2.07. The lowest BCUT2D eigenvalue weighted by Gasteiger charge is -2.09. The standard InChI is InChI=1S/C16H14ClFN2S/c1-21-16-8-12(19)7-15-13(16)4-5-20(15)9-10-2-3-11(17)6-14(10)18/h2-8H,9,19H2,1H3. The van der Waals surface area contributed by atoms with Crippen LogP contribution in [0.1, 0.15) is 5.56 Å². The second kappa shape index (κ2) is 5.62. The van der Waals surface area contributed by atoms with Crippen LogP contribution in [0.15, 0.2) is 47.5 Å². The normalized spacial score (nSPS) is 11.2. The molecule has 0 bridgehead atoms. The summed E-state index contributed by atoms with van der Waals surface area (Å²) in [6, 6.07) is 10.7. The maximum absolute atomic E-state index is 13.9. The SMILES string of the molecule is CSc1cc(N)cc2c1ccn2Cc1ccc(Cl)cc1F. The van der Waals surface area contributed by atoms with Crippen molar-refractivity contribution in [1.29, 1.82) is 0 Å². The van der Waals surface area contributed by atoms with Gasteiger partial charge in [-0.15, -0.1) is 11.8 Å². The fourth-order valence-electron chi connectivity index (χ4n) is 2.42. The minimum Gasteiger partial charge on any atom is -0.399 e. The number of thioether (sulfide) groups is 1.